The lowest BCUT2D eigenvalue weighted by Gasteiger charge is -2.05. The third-order valence-electron chi connectivity index (χ3n) is 1.90. The molecule has 0 saturated carbocycles. The van der Waals surface area contributed by atoms with Crippen LogP contribution in [-0.2, 0) is 4.74 Å². The van der Waals surface area contributed by atoms with E-state index >= 15 is 0 Å². The number of ether oxygens (including phenoxy) is 1. The van der Waals surface area contributed by atoms with Crippen molar-refractivity contribution in [3.8, 4) is 6.07 Å². The van der Waals surface area contributed by atoms with E-state index in [9.17, 15) is 13.6 Å². The molecule has 0 fully saturated rings. The lowest BCUT2D eigenvalue weighted by atomic mass is 10.2. The molecule has 0 spiro atoms. The van der Waals surface area contributed by atoms with Crippen molar-refractivity contribution < 1.29 is 18.3 Å². The Morgan fingerprint density at radius 1 is 1.56 bits per heavy atom. The van der Waals surface area contributed by atoms with Gasteiger partial charge in [0.05, 0.1) is 12.2 Å². The molecule has 1 N–H and O–H groups in total. The third kappa shape index (κ3) is 4.84. The monoisotopic (exact) mass is 255 g/mol. The fraction of sp³-hybridized carbons (Fsp3) is 0.364. The zero-order valence-corrected chi connectivity index (χ0v) is 9.40. The molecule has 0 aliphatic carbocycles. The maximum Gasteiger partial charge on any atom is 0.269 e. The Kier molecular flexibility index (Phi) is 5.67. The molecule has 0 aliphatic rings. The summed E-state index contributed by atoms with van der Waals surface area (Å²) in [7, 11) is 0. The lowest BCUT2D eigenvalue weighted by molar-refractivity contribution is 0.0188. The van der Waals surface area contributed by atoms with Crippen molar-refractivity contribution in [3.05, 3.63) is 29.6 Å². The largest absolute Gasteiger partial charge is 0.374 e. The Balaban J connectivity index is 2.30. The SMILES string of the molecule is N#Cc1ccc(C(=O)NCCOCC(F)F)nc1. The highest BCUT2D eigenvalue weighted by molar-refractivity contribution is 5.92. The number of rotatable bonds is 6. The molecule has 5 nitrogen and oxygen atoms in total. The van der Waals surface area contributed by atoms with E-state index in [1.165, 1.54) is 18.3 Å². The van der Waals surface area contributed by atoms with Gasteiger partial charge in [0.1, 0.15) is 18.4 Å². The Morgan fingerprint density at radius 2 is 2.33 bits per heavy atom. The number of nitrogens with zero attached hydrogens (tertiary/aromatic N) is 2. The number of aromatic nitrogens is 1. The van der Waals surface area contributed by atoms with E-state index < -0.39 is 18.9 Å². The molecule has 0 atom stereocenters. The smallest absolute Gasteiger partial charge is 0.269 e. The fourth-order valence-corrected chi connectivity index (χ4v) is 1.09. The second kappa shape index (κ2) is 7.29. The van der Waals surface area contributed by atoms with Crippen molar-refractivity contribution in [2.45, 2.75) is 6.43 Å². The topological polar surface area (TPSA) is 75.0 Å². The van der Waals surface area contributed by atoms with Gasteiger partial charge < -0.3 is 10.1 Å². The predicted octanol–water partition coefficient (Wildman–Crippen LogP) is 0.965. The number of alkyl halides is 2. The minimum atomic E-state index is -2.51. The summed E-state index contributed by atoms with van der Waals surface area (Å²) in [6.45, 7) is -0.523. The summed E-state index contributed by atoms with van der Waals surface area (Å²) in [4.78, 5) is 15.3. The number of nitrogens with one attached hydrogen (secondary N) is 1. The van der Waals surface area contributed by atoms with Gasteiger partial charge in [0.2, 0.25) is 0 Å². The second-order valence-electron chi connectivity index (χ2n) is 3.27. The zero-order valence-electron chi connectivity index (χ0n) is 9.40. The second-order valence-corrected chi connectivity index (χ2v) is 3.27. The van der Waals surface area contributed by atoms with Gasteiger partial charge in [0.15, 0.2) is 0 Å². The molecular formula is C11H11F2N3O2. The first-order chi connectivity index (χ1) is 8.63. The van der Waals surface area contributed by atoms with E-state index in [1.54, 1.807) is 0 Å². The van der Waals surface area contributed by atoms with Gasteiger partial charge in [-0.3, -0.25) is 4.79 Å². The van der Waals surface area contributed by atoms with E-state index in [2.05, 4.69) is 15.0 Å². The van der Waals surface area contributed by atoms with E-state index in [0.717, 1.165) is 0 Å². The maximum absolute atomic E-state index is 11.7. The van der Waals surface area contributed by atoms with Crippen LogP contribution in [0, 0.1) is 11.3 Å². The van der Waals surface area contributed by atoms with Crippen LogP contribution in [0.5, 0.6) is 0 Å². The van der Waals surface area contributed by atoms with Crippen LogP contribution in [0.1, 0.15) is 16.1 Å². The van der Waals surface area contributed by atoms with Crippen molar-refractivity contribution in [3.63, 3.8) is 0 Å². The third-order valence-corrected chi connectivity index (χ3v) is 1.90. The molecule has 0 saturated heterocycles. The number of pyridine rings is 1. The summed E-state index contributed by atoms with van der Waals surface area (Å²) in [5.74, 6) is -0.444. The molecule has 1 amide bonds. The molecule has 1 heterocycles. The Labute approximate surface area is 102 Å². The molecular weight excluding hydrogens is 244 g/mol. The van der Waals surface area contributed by atoms with Gasteiger partial charge >= 0.3 is 0 Å². The maximum atomic E-state index is 11.7. The molecule has 0 unspecified atom stereocenters. The molecule has 1 aromatic rings. The van der Waals surface area contributed by atoms with Gasteiger partial charge in [-0.25, -0.2) is 13.8 Å². The summed E-state index contributed by atoms with van der Waals surface area (Å²) in [6.07, 6.45) is -1.23. The van der Waals surface area contributed by atoms with Crippen LogP contribution in [0.25, 0.3) is 0 Å². The first-order valence-electron chi connectivity index (χ1n) is 5.13. The summed E-state index contributed by atoms with van der Waals surface area (Å²) >= 11 is 0. The van der Waals surface area contributed by atoms with Gasteiger partial charge in [-0.2, -0.15) is 5.26 Å². The fourth-order valence-electron chi connectivity index (χ4n) is 1.09. The predicted molar refractivity (Wildman–Crippen MR) is 58.1 cm³/mol. The van der Waals surface area contributed by atoms with E-state index in [0.29, 0.717) is 5.56 Å². The van der Waals surface area contributed by atoms with E-state index in [4.69, 9.17) is 5.26 Å². The molecule has 96 valence electrons. The lowest BCUT2D eigenvalue weighted by Crippen LogP contribution is -2.28. The molecule has 0 bridgehead atoms. The van der Waals surface area contributed by atoms with Gasteiger partial charge in [0, 0.05) is 12.7 Å². The van der Waals surface area contributed by atoms with Crippen LogP contribution in [-0.4, -0.2) is 37.1 Å². The number of hydrogen-bond donors (Lipinski definition) is 1. The van der Waals surface area contributed by atoms with Crippen molar-refractivity contribution in [1.82, 2.24) is 10.3 Å². The summed E-state index contributed by atoms with van der Waals surface area (Å²) < 4.78 is 28.0. The van der Waals surface area contributed by atoms with Gasteiger partial charge in [0.25, 0.3) is 12.3 Å². The minimum absolute atomic E-state index is 0.00631. The highest BCUT2D eigenvalue weighted by atomic mass is 19.3. The summed E-state index contributed by atoms with van der Waals surface area (Å²) in [5, 5.41) is 11.0. The standard InChI is InChI=1S/C11H11F2N3O2/c12-10(13)7-18-4-3-15-11(17)9-2-1-8(5-14)6-16-9/h1-2,6,10H,3-4,7H2,(H,15,17). The first kappa shape index (κ1) is 14.0. The molecule has 0 radical (unpaired) electrons. The molecule has 0 aromatic carbocycles. The quantitative estimate of drug-likeness (QED) is 0.768. The van der Waals surface area contributed by atoms with E-state index in [1.807, 2.05) is 6.07 Å². The number of halogens is 2. The number of carbonyl (C=O) groups excluding carboxylic acids is 1. The van der Waals surface area contributed by atoms with E-state index in [-0.39, 0.29) is 18.8 Å². The average Bonchev–Trinajstić information content (AvgIpc) is 2.38. The van der Waals surface area contributed by atoms with Gasteiger partial charge in [-0.05, 0) is 12.1 Å². The molecule has 1 aromatic heterocycles. The van der Waals surface area contributed by atoms with Gasteiger partial charge in [-0.15, -0.1) is 0 Å². The van der Waals surface area contributed by atoms with Crippen molar-refractivity contribution in [2.24, 2.45) is 0 Å². The normalized spacial score (nSPS) is 10.1. The van der Waals surface area contributed by atoms with Crippen molar-refractivity contribution in [2.75, 3.05) is 19.8 Å². The molecule has 18 heavy (non-hydrogen) atoms. The van der Waals surface area contributed by atoms with Crippen molar-refractivity contribution in [1.29, 1.82) is 5.26 Å². The Hall–Kier alpha value is -2.07. The van der Waals surface area contributed by atoms with Crippen LogP contribution < -0.4 is 5.32 Å². The molecule has 7 heteroatoms. The number of hydrogen-bond acceptors (Lipinski definition) is 4. The Bertz CT molecular complexity index is 429. The molecule has 1 rings (SSSR count). The Morgan fingerprint density at radius 3 is 2.89 bits per heavy atom. The average molecular weight is 255 g/mol. The highest BCUT2D eigenvalue weighted by Gasteiger charge is 2.06. The van der Waals surface area contributed by atoms with Crippen LogP contribution in [0.15, 0.2) is 18.3 Å². The van der Waals surface area contributed by atoms with Crippen LogP contribution in [0.2, 0.25) is 0 Å². The van der Waals surface area contributed by atoms with Crippen LogP contribution in [0.4, 0.5) is 8.78 Å². The number of nitriles is 1. The van der Waals surface area contributed by atoms with Crippen molar-refractivity contribution >= 4 is 5.91 Å². The zero-order chi connectivity index (χ0) is 13.4. The number of carbonyl (C=O) groups is 1. The van der Waals surface area contributed by atoms with Crippen LogP contribution >= 0.6 is 0 Å². The van der Waals surface area contributed by atoms with Gasteiger partial charge in [-0.1, -0.05) is 0 Å². The molecule has 0 aliphatic heterocycles. The summed E-state index contributed by atoms with van der Waals surface area (Å²) in [6, 6.07) is 4.76. The number of amides is 1. The van der Waals surface area contributed by atoms with Crippen LogP contribution in [0.3, 0.4) is 0 Å². The minimum Gasteiger partial charge on any atom is -0.374 e. The first-order valence-corrected chi connectivity index (χ1v) is 5.13. The highest BCUT2D eigenvalue weighted by Crippen LogP contribution is 1.98. The summed E-state index contributed by atoms with van der Waals surface area (Å²) in [5.41, 5.74) is 0.509.